The minimum absolute atomic E-state index is 0.0429. The maximum atomic E-state index is 11.4. The molecule has 0 radical (unpaired) electrons. The van der Waals surface area contributed by atoms with Gasteiger partial charge >= 0.3 is 5.97 Å². The van der Waals surface area contributed by atoms with Crippen LogP contribution in [0.1, 0.15) is 20.3 Å². The number of ether oxygens (including phenoxy) is 1. The van der Waals surface area contributed by atoms with E-state index in [1.165, 1.54) is 0 Å². The fraction of sp³-hybridized carbons (Fsp3) is 0.625. The Morgan fingerprint density at radius 3 is 2.64 bits per heavy atom. The zero-order valence-corrected chi connectivity index (χ0v) is 6.63. The Labute approximate surface area is 65.0 Å². The van der Waals surface area contributed by atoms with Gasteiger partial charge in [0.05, 0.1) is 5.92 Å². The Kier molecular flexibility index (Phi) is 1.98. The van der Waals surface area contributed by atoms with E-state index < -0.39 is 0 Å². The summed E-state index contributed by atoms with van der Waals surface area (Å²) >= 11 is 0. The smallest absolute Gasteiger partial charge is 0.314 e. The first-order valence-electron chi connectivity index (χ1n) is 3.53. The zero-order chi connectivity index (χ0) is 8.48. The molecule has 0 N–H and O–H groups in total. The lowest BCUT2D eigenvalue weighted by Gasteiger charge is -1.99. The van der Waals surface area contributed by atoms with Crippen LogP contribution in [0.15, 0.2) is 12.6 Å². The summed E-state index contributed by atoms with van der Waals surface area (Å²) < 4.78 is 15.8. The van der Waals surface area contributed by atoms with E-state index in [4.69, 9.17) is 0 Å². The lowest BCUT2D eigenvalue weighted by Crippen LogP contribution is -2.06. The van der Waals surface area contributed by atoms with Crippen LogP contribution in [0.2, 0.25) is 0 Å². The summed E-state index contributed by atoms with van der Waals surface area (Å²) in [5, 5.41) is 0. The second-order valence-electron chi connectivity index (χ2n) is 3.44. The van der Waals surface area contributed by atoms with Crippen LogP contribution in [0.4, 0.5) is 4.39 Å². The van der Waals surface area contributed by atoms with E-state index in [1.807, 2.05) is 13.8 Å². The molecule has 1 fully saturated rings. The number of rotatable bonds is 2. The third kappa shape index (κ3) is 1.79. The number of esters is 1. The van der Waals surface area contributed by atoms with Crippen LogP contribution >= 0.6 is 0 Å². The van der Waals surface area contributed by atoms with Crippen molar-refractivity contribution in [3.8, 4) is 0 Å². The molecule has 62 valence electrons. The van der Waals surface area contributed by atoms with E-state index in [1.54, 1.807) is 0 Å². The van der Waals surface area contributed by atoms with E-state index in [9.17, 15) is 9.18 Å². The summed E-state index contributed by atoms with van der Waals surface area (Å²) in [7, 11) is 0. The molecule has 0 spiro atoms. The Morgan fingerprint density at radius 2 is 2.27 bits per heavy atom. The Balaban J connectivity index is 2.34. The maximum Gasteiger partial charge on any atom is 0.314 e. The molecule has 1 aliphatic rings. The molecule has 11 heavy (non-hydrogen) atoms. The molecular weight excluding hydrogens is 147 g/mol. The highest BCUT2D eigenvalue weighted by molar-refractivity contribution is 5.77. The van der Waals surface area contributed by atoms with Crippen LogP contribution < -0.4 is 0 Å². The van der Waals surface area contributed by atoms with Gasteiger partial charge in [-0.2, -0.15) is 0 Å². The minimum Gasteiger partial charge on any atom is -0.432 e. The van der Waals surface area contributed by atoms with Crippen molar-refractivity contribution in [2.45, 2.75) is 20.3 Å². The average molecular weight is 158 g/mol. The molecule has 0 bridgehead atoms. The number of hydrogen-bond acceptors (Lipinski definition) is 2. The van der Waals surface area contributed by atoms with Crippen LogP contribution in [-0.4, -0.2) is 5.97 Å². The SMILES string of the molecule is CC1(C)CC1C(=O)O/C=C/F. The number of carbonyl (C=O) groups excluding carboxylic acids is 1. The normalized spacial score (nSPS) is 27.0. The summed E-state index contributed by atoms with van der Waals surface area (Å²) in [5.41, 5.74) is 0.0568. The molecular formula is C8H11FO2. The molecule has 0 aromatic rings. The Hall–Kier alpha value is -0.860. The van der Waals surface area contributed by atoms with Crippen molar-refractivity contribution in [3.05, 3.63) is 12.6 Å². The molecule has 0 amide bonds. The molecule has 1 aliphatic carbocycles. The highest BCUT2D eigenvalue weighted by atomic mass is 19.1. The second kappa shape index (κ2) is 2.64. The lowest BCUT2D eigenvalue weighted by atomic mass is 10.1. The molecule has 1 rings (SSSR count). The van der Waals surface area contributed by atoms with Crippen molar-refractivity contribution < 1.29 is 13.9 Å². The fourth-order valence-corrected chi connectivity index (χ4v) is 1.04. The first kappa shape index (κ1) is 8.24. The van der Waals surface area contributed by atoms with Gasteiger partial charge in [0.1, 0.15) is 12.6 Å². The van der Waals surface area contributed by atoms with E-state index >= 15 is 0 Å². The molecule has 2 nitrogen and oxygen atoms in total. The summed E-state index contributed by atoms with van der Waals surface area (Å²) in [5.74, 6) is -0.373. The third-order valence-electron chi connectivity index (χ3n) is 2.03. The monoisotopic (exact) mass is 158 g/mol. The summed E-state index contributed by atoms with van der Waals surface area (Å²) in [6.07, 6.45) is 1.83. The zero-order valence-electron chi connectivity index (χ0n) is 6.63. The van der Waals surface area contributed by atoms with Crippen molar-refractivity contribution in [1.82, 2.24) is 0 Å². The molecule has 0 saturated heterocycles. The summed E-state index contributed by atoms with van der Waals surface area (Å²) in [6, 6.07) is 0. The number of halogens is 1. The Bertz CT molecular complexity index is 196. The van der Waals surface area contributed by atoms with E-state index in [0.29, 0.717) is 0 Å². The van der Waals surface area contributed by atoms with Crippen molar-refractivity contribution in [2.24, 2.45) is 11.3 Å². The van der Waals surface area contributed by atoms with Crippen LogP contribution in [0.25, 0.3) is 0 Å². The van der Waals surface area contributed by atoms with Gasteiger partial charge in [-0.25, -0.2) is 4.39 Å². The lowest BCUT2D eigenvalue weighted by molar-refractivity contribution is -0.140. The predicted molar refractivity (Wildman–Crippen MR) is 38.2 cm³/mol. The molecule has 0 aromatic heterocycles. The Morgan fingerprint density at radius 1 is 1.73 bits per heavy atom. The van der Waals surface area contributed by atoms with Gasteiger partial charge < -0.3 is 4.74 Å². The van der Waals surface area contributed by atoms with Gasteiger partial charge in [-0.15, -0.1) is 0 Å². The second-order valence-corrected chi connectivity index (χ2v) is 3.44. The molecule has 1 unspecified atom stereocenters. The molecule has 0 aliphatic heterocycles. The van der Waals surface area contributed by atoms with E-state index in [-0.39, 0.29) is 23.6 Å². The summed E-state index contributed by atoms with van der Waals surface area (Å²) in [4.78, 5) is 10.9. The minimum atomic E-state index is -0.330. The quantitative estimate of drug-likeness (QED) is 0.454. The van der Waals surface area contributed by atoms with Crippen molar-refractivity contribution >= 4 is 5.97 Å². The van der Waals surface area contributed by atoms with Crippen LogP contribution in [0.5, 0.6) is 0 Å². The molecule has 3 heteroatoms. The largest absolute Gasteiger partial charge is 0.432 e. The maximum absolute atomic E-state index is 11.4. The molecule has 0 aromatic carbocycles. The third-order valence-corrected chi connectivity index (χ3v) is 2.03. The van der Waals surface area contributed by atoms with E-state index in [0.717, 1.165) is 12.7 Å². The fourth-order valence-electron chi connectivity index (χ4n) is 1.04. The predicted octanol–water partition coefficient (Wildman–Crippen LogP) is 2.02. The van der Waals surface area contributed by atoms with Crippen LogP contribution in [0, 0.1) is 11.3 Å². The summed E-state index contributed by atoms with van der Waals surface area (Å²) in [6.45, 7) is 3.97. The van der Waals surface area contributed by atoms with Crippen molar-refractivity contribution in [3.63, 3.8) is 0 Å². The molecule has 0 heterocycles. The topological polar surface area (TPSA) is 26.3 Å². The first-order chi connectivity index (χ1) is 5.08. The van der Waals surface area contributed by atoms with Crippen molar-refractivity contribution in [1.29, 1.82) is 0 Å². The van der Waals surface area contributed by atoms with Crippen molar-refractivity contribution in [2.75, 3.05) is 0 Å². The standard InChI is InChI=1S/C8H11FO2/c1-8(2)5-6(8)7(10)11-4-3-9/h3-4,6H,5H2,1-2H3/b4-3+. The van der Waals surface area contributed by atoms with Gasteiger partial charge in [0.2, 0.25) is 0 Å². The van der Waals surface area contributed by atoms with Crippen LogP contribution in [-0.2, 0) is 9.53 Å². The van der Waals surface area contributed by atoms with Gasteiger partial charge in [-0.05, 0) is 11.8 Å². The van der Waals surface area contributed by atoms with Gasteiger partial charge in [-0.3, -0.25) is 4.79 Å². The van der Waals surface area contributed by atoms with Crippen LogP contribution in [0.3, 0.4) is 0 Å². The number of hydrogen-bond donors (Lipinski definition) is 0. The molecule has 1 saturated carbocycles. The highest BCUT2D eigenvalue weighted by Gasteiger charge is 2.51. The highest BCUT2D eigenvalue weighted by Crippen LogP contribution is 2.52. The van der Waals surface area contributed by atoms with Gasteiger partial charge in [-0.1, -0.05) is 13.8 Å². The van der Waals surface area contributed by atoms with E-state index in [2.05, 4.69) is 4.74 Å². The average Bonchev–Trinajstić information content (AvgIpc) is 2.55. The first-order valence-corrected chi connectivity index (χ1v) is 3.53. The van der Waals surface area contributed by atoms with Gasteiger partial charge in [0, 0.05) is 0 Å². The van der Waals surface area contributed by atoms with Gasteiger partial charge in [0.25, 0.3) is 0 Å². The van der Waals surface area contributed by atoms with Gasteiger partial charge in [0.15, 0.2) is 0 Å². The number of carbonyl (C=O) groups is 1. The molecule has 1 atom stereocenters.